The monoisotopic (exact) mass is 338 g/mol. The van der Waals surface area contributed by atoms with Gasteiger partial charge in [0.1, 0.15) is 6.04 Å². The van der Waals surface area contributed by atoms with Crippen LogP contribution in [0.2, 0.25) is 0 Å². The van der Waals surface area contributed by atoms with Gasteiger partial charge in [0, 0.05) is 16.8 Å². The van der Waals surface area contributed by atoms with E-state index in [1.54, 1.807) is 48.5 Å². The van der Waals surface area contributed by atoms with Crippen LogP contribution >= 0.6 is 0 Å². The molecule has 2 rings (SSSR count). The second-order valence-corrected chi connectivity index (χ2v) is 6.19. The summed E-state index contributed by atoms with van der Waals surface area (Å²) in [5, 5.41) is 5.54. The lowest BCUT2D eigenvalue weighted by molar-refractivity contribution is -0.118. The van der Waals surface area contributed by atoms with Gasteiger partial charge < -0.3 is 10.6 Å². The minimum Gasteiger partial charge on any atom is -0.340 e. The summed E-state index contributed by atoms with van der Waals surface area (Å²) >= 11 is 0. The molecule has 2 aromatic carbocycles. The van der Waals surface area contributed by atoms with Crippen LogP contribution in [0.25, 0.3) is 0 Å². The van der Waals surface area contributed by atoms with Crippen molar-refractivity contribution in [3.8, 4) is 0 Å². The predicted molar refractivity (Wildman–Crippen MR) is 97.6 cm³/mol. The summed E-state index contributed by atoms with van der Waals surface area (Å²) < 4.78 is 0. The van der Waals surface area contributed by atoms with E-state index in [9.17, 15) is 14.4 Å². The number of hydrogen-bond acceptors (Lipinski definition) is 3. The number of carbonyl (C=O) groups excluding carboxylic acids is 3. The maximum atomic E-state index is 12.6. The Bertz CT molecular complexity index is 770. The minimum atomic E-state index is -0.686. The first-order valence-electron chi connectivity index (χ1n) is 8.16. The summed E-state index contributed by atoms with van der Waals surface area (Å²) in [5.41, 5.74) is 1.55. The average Bonchev–Trinajstić information content (AvgIpc) is 2.60. The van der Waals surface area contributed by atoms with E-state index in [1.807, 2.05) is 19.9 Å². The van der Waals surface area contributed by atoms with Crippen LogP contribution in [-0.2, 0) is 4.79 Å². The van der Waals surface area contributed by atoms with Crippen molar-refractivity contribution >= 4 is 23.3 Å². The Morgan fingerprint density at radius 1 is 0.880 bits per heavy atom. The third kappa shape index (κ3) is 5.01. The van der Waals surface area contributed by atoms with Crippen molar-refractivity contribution in [3.05, 3.63) is 65.7 Å². The molecule has 2 amide bonds. The molecule has 0 aliphatic heterocycles. The normalized spacial score (nSPS) is 11.7. The van der Waals surface area contributed by atoms with Gasteiger partial charge in [-0.1, -0.05) is 44.2 Å². The highest BCUT2D eigenvalue weighted by atomic mass is 16.2. The van der Waals surface area contributed by atoms with Crippen molar-refractivity contribution in [3.63, 3.8) is 0 Å². The van der Waals surface area contributed by atoms with Crippen LogP contribution in [0.4, 0.5) is 5.69 Å². The van der Waals surface area contributed by atoms with Crippen molar-refractivity contribution in [2.75, 3.05) is 5.32 Å². The topological polar surface area (TPSA) is 75.3 Å². The first kappa shape index (κ1) is 18.4. The number of hydrogen-bond donors (Lipinski definition) is 2. The molecule has 0 bridgehead atoms. The van der Waals surface area contributed by atoms with Gasteiger partial charge in [0.05, 0.1) is 0 Å². The van der Waals surface area contributed by atoms with Gasteiger partial charge in [-0.15, -0.1) is 0 Å². The fourth-order valence-corrected chi connectivity index (χ4v) is 2.39. The number of anilines is 1. The van der Waals surface area contributed by atoms with Crippen LogP contribution in [-0.4, -0.2) is 23.6 Å². The van der Waals surface area contributed by atoms with Crippen molar-refractivity contribution in [1.82, 2.24) is 5.32 Å². The summed E-state index contributed by atoms with van der Waals surface area (Å²) in [6.07, 6.45) is 0. The summed E-state index contributed by atoms with van der Waals surface area (Å²) in [4.78, 5) is 36.4. The Morgan fingerprint density at radius 2 is 1.52 bits per heavy atom. The third-order valence-electron chi connectivity index (χ3n) is 3.81. The third-order valence-corrected chi connectivity index (χ3v) is 3.81. The first-order chi connectivity index (χ1) is 11.9. The molecule has 0 spiro atoms. The molecule has 5 nitrogen and oxygen atoms in total. The predicted octanol–water partition coefficient (Wildman–Crippen LogP) is 3.28. The van der Waals surface area contributed by atoms with Crippen LogP contribution in [0.1, 0.15) is 41.5 Å². The number of amides is 2. The molecule has 1 atom stereocenters. The van der Waals surface area contributed by atoms with Crippen molar-refractivity contribution in [2.45, 2.75) is 26.8 Å². The van der Waals surface area contributed by atoms with Crippen molar-refractivity contribution in [1.29, 1.82) is 0 Å². The standard InChI is InChI=1S/C20H22N2O3/c1-13(2)18(22-19(24)15-8-5-4-6-9-15)20(25)21-17-11-7-10-16(12-17)14(3)23/h4-13,18H,1-3H3,(H,21,25)(H,22,24). The number of carbonyl (C=O) groups is 3. The molecule has 0 heterocycles. The molecular formula is C20H22N2O3. The molecule has 5 heteroatoms. The molecule has 0 aliphatic rings. The van der Waals surface area contributed by atoms with Gasteiger partial charge in [-0.3, -0.25) is 14.4 Å². The summed E-state index contributed by atoms with van der Waals surface area (Å²) in [5.74, 6) is -0.788. The van der Waals surface area contributed by atoms with E-state index in [4.69, 9.17) is 0 Å². The van der Waals surface area contributed by atoms with Crippen molar-refractivity contribution in [2.24, 2.45) is 5.92 Å². The van der Waals surface area contributed by atoms with Crippen LogP contribution < -0.4 is 10.6 Å². The summed E-state index contributed by atoms with van der Waals surface area (Å²) in [6, 6.07) is 14.8. The molecular weight excluding hydrogens is 316 g/mol. The quantitative estimate of drug-likeness (QED) is 0.794. The maximum Gasteiger partial charge on any atom is 0.251 e. The highest BCUT2D eigenvalue weighted by Crippen LogP contribution is 2.13. The lowest BCUT2D eigenvalue weighted by atomic mass is 10.0. The smallest absolute Gasteiger partial charge is 0.251 e. The number of nitrogens with one attached hydrogen (secondary N) is 2. The Balaban J connectivity index is 2.11. The second kappa shape index (κ2) is 8.24. The number of rotatable bonds is 6. The van der Waals surface area contributed by atoms with E-state index in [1.165, 1.54) is 6.92 Å². The largest absolute Gasteiger partial charge is 0.340 e. The fourth-order valence-electron chi connectivity index (χ4n) is 2.39. The number of ketones is 1. The van der Waals surface area contributed by atoms with Gasteiger partial charge in [-0.2, -0.15) is 0 Å². The van der Waals surface area contributed by atoms with Gasteiger partial charge >= 0.3 is 0 Å². The lowest BCUT2D eigenvalue weighted by Gasteiger charge is -2.22. The zero-order valence-electron chi connectivity index (χ0n) is 14.6. The number of Topliss-reactive ketones (excluding diaryl/α,β-unsaturated/α-hetero) is 1. The Labute approximate surface area is 147 Å². The first-order valence-corrected chi connectivity index (χ1v) is 8.16. The van der Waals surface area contributed by atoms with E-state index in [0.29, 0.717) is 16.8 Å². The summed E-state index contributed by atoms with van der Waals surface area (Å²) in [7, 11) is 0. The fraction of sp³-hybridized carbons (Fsp3) is 0.250. The van der Waals surface area contributed by atoms with Crippen LogP contribution in [0.3, 0.4) is 0 Å². The van der Waals surface area contributed by atoms with Crippen LogP contribution in [0, 0.1) is 5.92 Å². The van der Waals surface area contributed by atoms with Gasteiger partial charge in [-0.05, 0) is 37.1 Å². The average molecular weight is 338 g/mol. The van der Waals surface area contributed by atoms with Gasteiger partial charge in [0.2, 0.25) is 5.91 Å². The van der Waals surface area contributed by atoms with Gasteiger partial charge in [-0.25, -0.2) is 0 Å². The molecule has 2 aromatic rings. The highest BCUT2D eigenvalue weighted by Gasteiger charge is 2.24. The zero-order valence-corrected chi connectivity index (χ0v) is 14.6. The summed E-state index contributed by atoms with van der Waals surface area (Å²) in [6.45, 7) is 5.20. The van der Waals surface area contributed by atoms with E-state index < -0.39 is 6.04 Å². The Morgan fingerprint density at radius 3 is 2.12 bits per heavy atom. The molecule has 0 saturated heterocycles. The van der Waals surface area contributed by atoms with E-state index in [0.717, 1.165) is 0 Å². The van der Waals surface area contributed by atoms with Gasteiger partial charge in [0.15, 0.2) is 5.78 Å². The van der Waals surface area contributed by atoms with Crippen molar-refractivity contribution < 1.29 is 14.4 Å². The molecule has 0 fully saturated rings. The Kier molecular flexibility index (Phi) is 6.06. The van der Waals surface area contributed by atoms with Gasteiger partial charge in [0.25, 0.3) is 5.91 Å². The molecule has 0 aliphatic carbocycles. The van der Waals surface area contributed by atoms with Crippen LogP contribution in [0.15, 0.2) is 54.6 Å². The molecule has 0 radical (unpaired) electrons. The molecule has 2 N–H and O–H groups in total. The van der Waals surface area contributed by atoms with Crippen LogP contribution in [0.5, 0.6) is 0 Å². The van der Waals surface area contributed by atoms with E-state index in [2.05, 4.69) is 10.6 Å². The van der Waals surface area contributed by atoms with E-state index >= 15 is 0 Å². The lowest BCUT2D eigenvalue weighted by Crippen LogP contribution is -2.47. The SMILES string of the molecule is CC(=O)c1cccc(NC(=O)C(NC(=O)c2ccccc2)C(C)C)c1. The molecule has 0 saturated carbocycles. The Hall–Kier alpha value is -2.95. The van der Waals surface area contributed by atoms with E-state index in [-0.39, 0.29) is 23.5 Å². The molecule has 1 unspecified atom stereocenters. The molecule has 25 heavy (non-hydrogen) atoms. The highest BCUT2D eigenvalue weighted by molar-refractivity contribution is 6.02. The second-order valence-electron chi connectivity index (χ2n) is 6.19. The number of benzene rings is 2. The zero-order chi connectivity index (χ0) is 18.4. The molecule has 0 aromatic heterocycles. The molecule has 130 valence electrons. The maximum absolute atomic E-state index is 12.6. The minimum absolute atomic E-state index is 0.0751.